The number of amides is 2. The average Bonchev–Trinajstić information content (AvgIpc) is 2.70. The molecule has 1 aromatic carbocycles. The van der Waals surface area contributed by atoms with Crippen molar-refractivity contribution in [1.29, 1.82) is 5.26 Å². The summed E-state index contributed by atoms with van der Waals surface area (Å²) in [6.45, 7) is 1.33. The summed E-state index contributed by atoms with van der Waals surface area (Å²) in [5.41, 5.74) is 0.321. The van der Waals surface area contributed by atoms with Gasteiger partial charge >= 0.3 is 0 Å². The first kappa shape index (κ1) is 21.8. The zero-order valence-electron chi connectivity index (χ0n) is 17.2. The highest BCUT2D eigenvalue weighted by molar-refractivity contribution is 6.30. The first-order chi connectivity index (χ1) is 15.2. The third-order valence-electron chi connectivity index (χ3n) is 5.63. The lowest BCUT2D eigenvalue weighted by Gasteiger charge is -2.70. The zero-order chi connectivity index (χ0) is 22.9. The van der Waals surface area contributed by atoms with Crippen LogP contribution >= 0.6 is 11.6 Å². The van der Waals surface area contributed by atoms with Crippen molar-refractivity contribution in [2.75, 3.05) is 13.2 Å². The Labute approximate surface area is 188 Å². The van der Waals surface area contributed by atoms with Gasteiger partial charge in [0.15, 0.2) is 13.2 Å². The van der Waals surface area contributed by atoms with Gasteiger partial charge in [-0.25, -0.2) is 9.37 Å². The topological polar surface area (TPSA) is 113 Å². The number of carbonyl (C=O) groups excluding carboxylic acids is 2. The minimum absolute atomic E-state index is 0.0166. The van der Waals surface area contributed by atoms with E-state index in [9.17, 15) is 14.0 Å². The van der Waals surface area contributed by atoms with Gasteiger partial charge in [-0.1, -0.05) is 11.6 Å². The maximum absolute atomic E-state index is 13.4. The third kappa shape index (κ3) is 4.46. The molecule has 32 heavy (non-hydrogen) atoms. The number of nitrogens with zero attached hydrogens (tertiary/aromatic N) is 2. The molecule has 3 aliphatic rings. The van der Waals surface area contributed by atoms with Crippen LogP contribution in [0, 0.1) is 24.1 Å². The van der Waals surface area contributed by atoms with E-state index in [1.807, 2.05) is 6.07 Å². The Balaban J connectivity index is 1.18. The van der Waals surface area contributed by atoms with E-state index in [1.165, 1.54) is 18.3 Å². The highest BCUT2D eigenvalue weighted by Crippen LogP contribution is 2.60. The molecule has 1 heterocycles. The maximum atomic E-state index is 13.4. The average molecular weight is 459 g/mol. The number of pyridine rings is 1. The number of carbonyl (C=O) groups is 2. The first-order valence-corrected chi connectivity index (χ1v) is 10.3. The standard InChI is InChI=1S/C22H20ClFN4O4/c1-13-4-15(7-26-18(13)6-25)32-9-20(30)28-22-10-21(11-22,12-22)27-19(29)8-31-14-2-3-16(23)17(24)5-14/h2-5,7H,8-12H2,1H3,(H,27,29)(H,28,30). The SMILES string of the molecule is Cc1cc(OCC(=O)NC23CC(NC(=O)COc4ccc(Cl)c(F)c4)(C2)C3)cnc1C#N. The van der Waals surface area contributed by atoms with E-state index in [0.29, 0.717) is 36.3 Å². The van der Waals surface area contributed by atoms with Crippen molar-refractivity contribution >= 4 is 23.4 Å². The minimum Gasteiger partial charge on any atom is -0.484 e. The molecule has 166 valence electrons. The molecule has 2 N–H and O–H groups in total. The summed E-state index contributed by atoms with van der Waals surface area (Å²) in [7, 11) is 0. The molecule has 1 aromatic heterocycles. The van der Waals surface area contributed by atoms with E-state index in [-0.39, 0.29) is 46.9 Å². The smallest absolute Gasteiger partial charge is 0.258 e. The van der Waals surface area contributed by atoms with Crippen molar-refractivity contribution < 1.29 is 23.5 Å². The summed E-state index contributed by atoms with van der Waals surface area (Å²) in [6.07, 6.45) is 3.30. The monoisotopic (exact) mass is 458 g/mol. The number of benzene rings is 1. The van der Waals surface area contributed by atoms with Gasteiger partial charge in [-0.2, -0.15) is 5.26 Å². The van der Waals surface area contributed by atoms with Crippen molar-refractivity contribution in [2.24, 2.45) is 0 Å². The van der Waals surface area contributed by atoms with Crippen LogP contribution in [-0.2, 0) is 9.59 Å². The predicted molar refractivity (Wildman–Crippen MR) is 112 cm³/mol. The molecule has 10 heteroatoms. The Kier molecular flexibility index (Phi) is 5.65. The van der Waals surface area contributed by atoms with Crippen LogP contribution in [0.25, 0.3) is 0 Å². The second-order valence-corrected chi connectivity index (χ2v) is 8.70. The molecule has 3 fully saturated rings. The van der Waals surface area contributed by atoms with Crippen LogP contribution in [0.3, 0.4) is 0 Å². The normalized spacial score (nSPS) is 22.6. The predicted octanol–water partition coefficient (Wildman–Crippen LogP) is 2.42. The molecule has 8 nitrogen and oxygen atoms in total. The number of halogens is 2. The van der Waals surface area contributed by atoms with Gasteiger partial charge in [-0.05, 0) is 49.9 Å². The Bertz CT molecular complexity index is 1110. The van der Waals surface area contributed by atoms with Crippen LogP contribution in [0.4, 0.5) is 4.39 Å². The Morgan fingerprint density at radius 3 is 2.25 bits per heavy atom. The van der Waals surface area contributed by atoms with Gasteiger partial charge in [0.2, 0.25) is 0 Å². The Morgan fingerprint density at radius 2 is 1.72 bits per heavy atom. The van der Waals surface area contributed by atoms with Crippen LogP contribution < -0.4 is 20.1 Å². The number of nitriles is 1. The summed E-state index contributed by atoms with van der Waals surface area (Å²) in [4.78, 5) is 28.4. The maximum Gasteiger partial charge on any atom is 0.258 e. The molecule has 0 radical (unpaired) electrons. The van der Waals surface area contributed by atoms with Gasteiger partial charge in [0.1, 0.15) is 29.1 Å². The summed E-state index contributed by atoms with van der Waals surface area (Å²) in [6, 6.07) is 7.60. The molecule has 3 saturated carbocycles. The summed E-state index contributed by atoms with van der Waals surface area (Å²) in [5, 5.41) is 14.8. The van der Waals surface area contributed by atoms with E-state index in [0.717, 1.165) is 6.07 Å². The van der Waals surface area contributed by atoms with Crippen LogP contribution in [0.5, 0.6) is 11.5 Å². The lowest BCUT2D eigenvalue weighted by molar-refractivity contribution is -0.151. The van der Waals surface area contributed by atoms with Crippen molar-refractivity contribution in [3.8, 4) is 17.6 Å². The number of rotatable bonds is 8. The van der Waals surface area contributed by atoms with Crippen LogP contribution in [-0.4, -0.2) is 41.1 Å². The van der Waals surface area contributed by atoms with Gasteiger partial charge in [0.05, 0.1) is 11.2 Å². The molecule has 0 unspecified atom stereocenters. The summed E-state index contributed by atoms with van der Waals surface area (Å²) in [5.74, 6) is -0.558. The summed E-state index contributed by atoms with van der Waals surface area (Å²) < 4.78 is 24.2. The second-order valence-electron chi connectivity index (χ2n) is 8.29. The summed E-state index contributed by atoms with van der Waals surface area (Å²) >= 11 is 5.62. The second kappa shape index (κ2) is 8.28. The van der Waals surface area contributed by atoms with Crippen LogP contribution in [0.2, 0.25) is 5.02 Å². The lowest BCUT2D eigenvalue weighted by Crippen LogP contribution is -2.84. The highest BCUT2D eigenvalue weighted by atomic mass is 35.5. The number of aryl methyl sites for hydroxylation is 1. The number of nitrogens with one attached hydrogen (secondary N) is 2. The van der Waals surface area contributed by atoms with Gasteiger partial charge in [-0.3, -0.25) is 9.59 Å². The number of ether oxygens (including phenoxy) is 2. The lowest BCUT2D eigenvalue weighted by atomic mass is 9.44. The Hall–Kier alpha value is -3.38. The van der Waals surface area contributed by atoms with Gasteiger partial charge in [0, 0.05) is 17.1 Å². The Morgan fingerprint density at radius 1 is 1.12 bits per heavy atom. The molecular formula is C22H20ClFN4O4. The molecule has 2 amide bonds. The van der Waals surface area contributed by atoms with E-state index in [1.54, 1.807) is 13.0 Å². The highest BCUT2D eigenvalue weighted by Gasteiger charge is 2.69. The first-order valence-electron chi connectivity index (χ1n) is 9.91. The van der Waals surface area contributed by atoms with E-state index in [4.69, 9.17) is 26.3 Å². The van der Waals surface area contributed by atoms with E-state index in [2.05, 4.69) is 15.6 Å². The quantitative estimate of drug-likeness (QED) is 0.628. The molecule has 0 saturated heterocycles. The number of hydrogen-bond acceptors (Lipinski definition) is 6. The van der Waals surface area contributed by atoms with Crippen molar-refractivity contribution in [3.63, 3.8) is 0 Å². The minimum atomic E-state index is -0.615. The molecular weight excluding hydrogens is 439 g/mol. The molecule has 5 rings (SSSR count). The van der Waals surface area contributed by atoms with Gasteiger partial charge in [0.25, 0.3) is 11.8 Å². The number of aromatic nitrogens is 1. The fourth-order valence-electron chi connectivity index (χ4n) is 4.33. The van der Waals surface area contributed by atoms with Crippen LogP contribution in [0.15, 0.2) is 30.5 Å². The molecule has 0 spiro atoms. The fourth-order valence-corrected chi connectivity index (χ4v) is 4.44. The van der Waals surface area contributed by atoms with E-state index >= 15 is 0 Å². The van der Waals surface area contributed by atoms with Crippen molar-refractivity contribution in [3.05, 3.63) is 52.6 Å². The number of hydrogen-bond donors (Lipinski definition) is 2. The van der Waals surface area contributed by atoms with Crippen molar-refractivity contribution in [1.82, 2.24) is 15.6 Å². The largest absolute Gasteiger partial charge is 0.484 e. The molecule has 0 atom stereocenters. The fraction of sp³-hybridized carbons (Fsp3) is 0.364. The molecule has 2 aromatic rings. The van der Waals surface area contributed by atoms with Gasteiger partial charge in [-0.15, -0.1) is 0 Å². The van der Waals surface area contributed by atoms with Crippen LogP contribution in [0.1, 0.15) is 30.5 Å². The van der Waals surface area contributed by atoms with Gasteiger partial charge < -0.3 is 20.1 Å². The van der Waals surface area contributed by atoms with E-state index < -0.39 is 5.82 Å². The van der Waals surface area contributed by atoms with Crippen molar-refractivity contribution in [2.45, 2.75) is 37.3 Å². The molecule has 2 bridgehead atoms. The molecule has 3 aliphatic carbocycles. The third-order valence-corrected chi connectivity index (χ3v) is 5.94. The molecule has 0 aliphatic heterocycles. The zero-order valence-corrected chi connectivity index (χ0v) is 18.0.